The Bertz CT molecular complexity index is 802. The maximum Gasteiger partial charge on any atom is 0.323 e. The van der Waals surface area contributed by atoms with Crippen LogP contribution in [0.3, 0.4) is 0 Å². The number of benzene rings is 2. The Kier molecular flexibility index (Phi) is 4.29. The van der Waals surface area contributed by atoms with E-state index in [-0.39, 0.29) is 6.03 Å². The average molecular weight is 325 g/mol. The van der Waals surface area contributed by atoms with Crippen LogP contribution in [-0.2, 0) is 6.42 Å². The molecule has 0 aromatic heterocycles. The number of fused-ring (bicyclic) bond motifs is 1. The third kappa shape index (κ3) is 3.27. The van der Waals surface area contributed by atoms with Crippen molar-refractivity contribution in [2.75, 3.05) is 30.2 Å². The fourth-order valence-corrected chi connectivity index (χ4v) is 2.60. The number of carbonyl (C=O) groups excluding carboxylic acids is 1. The van der Waals surface area contributed by atoms with Gasteiger partial charge in [-0.15, -0.1) is 0 Å². The Labute approximate surface area is 140 Å². The fraction of sp³-hybridized carbons (Fsp3) is 0.167. The zero-order valence-electron chi connectivity index (χ0n) is 13.6. The van der Waals surface area contributed by atoms with Gasteiger partial charge in [0.05, 0.1) is 19.9 Å². The maximum absolute atomic E-state index is 12.3. The SMILES string of the molecule is C=C1Cc2cc(NC(=O)Nc3cc(OC)ccc3OC)ccc2N1. The maximum atomic E-state index is 12.3. The summed E-state index contributed by atoms with van der Waals surface area (Å²) in [6.45, 7) is 3.91. The van der Waals surface area contributed by atoms with Crippen molar-refractivity contribution in [1.29, 1.82) is 0 Å². The van der Waals surface area contributed by atoms with Crippen LogP contribution in [0.25, 0.3) is 0 Å². The van der Waals surface area contributed by atoms with Crippen LogP contribution in [0.2, 0.25) is 0 Å². The highest BCUT2D eigenvalue weighted by Crippen LogP contribution is 2.31. The van der Waals surface area contributed by atoms with E-state index in [2.05, 4.69) is 22.5 Å². The minimum absolute atomic E-state index is 0.355. The molecule has 0 fully saturated rings. The van der Waals surface area contributed by atoms with Crippen LogP contribution in [0.1, 0.15) is 5.56 Å². The molecule has 0 spiro atoms. The number of ether oxygens (including phenoxy) is 2. The number of amides is 2. The average Bonchev–Trinajstić information content (AvgIpc) is 2.94. The van der Waals surface area contributed by atoms with E-state index in [0.717, 1.165) is 23.4 Å². The third-order valence-corrected chi connectivity index (χ3v) is 3.73. The van der Waals surface area contributed by atoms with Crippen molar-refractivity contribution < 1.29 is 14.3 Å². The Morgan fingerprint density at radius 3 is 2.71 bits per heavy atom. The molecule has 24 heavy (non-hydrogen) atoms. The van der Waals surface area contributed by atoms with Gasteiger partial charge in [0.15, 0.2) is 0 Å². The molecule has 2 aromatic rings. The van der Waals surface area contributed by atoms with Gasteiger partial charge in [0.1, 0.15) is 11.5 Å². The van der Waals surface area contributed by atoms with Crippen LogP contribution in [0, 0.1) is 0 Å². The van der Waals surface area contributed by atoms with Crippen molar-refractivity contribution >= 4 is 23.1 Å². The molecule has 0 aliphatic carbocycles. The van der Waals surface area contributed by atoms with Crippen molar-refractivity contribution in [2.45, 2.75) is 6.42 Å². The van der Waals surface area contributed by atoms with E-state index in [1.54, 1.807) is 32.4 Å². The predicted octanol–water partition coefficient (Wildman–Crippen LogP) is 3.83. The van der Waals surface area contributed by atoms with Gasteiger partial charge in [0.2, 0.25) is 0 Å². The smallest absolute Gasteiger partial charge is 0.323 e. The van der Waals surface area contributed by atoms with Gasteiger partial charge in [-0.2, -0.15) is 0 Å². The zero-order valence-corrected chi connectivity index (χ0v) is 13.6. The normalized spacial score (nSPS) is 12.2. The van der Waals surface area contributed by atoms with E-state index in [1.807, 2.05) is 18.2 Å². The summed E-state index contributed by atoms with van der Waals surface area (Å²) in [4.78, 5) is 12.3. The summed E-state index contributed by atoms with van der Waals surface area (Å²) in [6, 6.07) is 10.6. The Hall–Kier alpha value is -3.15. The van der Waals surface area contributed by atoms with Crippen LogP contribution in [0.5, 0.6) is 11.5 Å². The first-order valence-electron chi connectivity index (χ1n) is 7.47. The summed E-state index contributed by atoms with van der Waals surface area (Å²) < 4.78 is 10.4. The molecule has 124 valence electrons. The molecular weight excluding hydrogens is 306 g/mol. The third-order valence-electron chi connectivity index (χ3n) is 3.73. The summed E-state index contributed by atoms with van der Waals surface area (Å²) in [5.41, 5.74) is 4.33. The number of methoxy groups -OCH3 is 2. The highest BCUT2D eigenvalue weighted by molar-refractivity contribution is 6.01. The fourth-order valence-electron chi connectivity index (χ4n) is 2.60. The van der Waals surface area contributed by atoms with Crippen molar-refractivity contribution in [1.82, 2.24) is 0 Å². The van der Waals surface area contributed by atoms with E-state index in [9.17, 15) is 4.79 Å². The number of hydrogen-bond donors (Lipinski definition) is 3. The van der Waals surface area contributed by atoms with E-state index < -0.39 is 0 Å². The van der Waals surface area contributed by atoms with Crippen LogP contribution in [-0.4, -0.2) is 20.3 Å². The second-order valence-corrected chi connectivity index (χ2v) is 5.42. The van der Waals surface area contributed by atoms with Gasteiger partial charge in [-0.05, 0) is 35.9 Å². The van der Waals surface area contributed by atoms with Crippen LogP contribution in [0.15, 0.2) is 48.7 Å². The molecular formula is C18H19N3O3. The lowest BCUT2D eigenvalue weighted by Gasteiger charge is -2.13. The molecule has 0 saturated carbocycles. The number of rotatable bonds is 4. The molecule has 2 aromatic carbocycles. The molecule has 6 nitrogen and oxygen atoms in total. The second kappa shape index (κ2) is 6.54. The summed E-state index contributed by atoms with van der Waals surface area (Å²) >= 11 is 0. The zero-order chi connectivity index (χ0) is 17.1. The van der Waals surface area contributed by atoms with Crippen molar-refractivity contribution in [2.24, 2.45) is 0 Å². The minimum atomic E-state index is -0.355. The van der Waals surface area contributed by atoms with Gasteiger partial charge >= 0.3 is 6.03 Å². The molecule has 0 saturated heterocycles. The van der Waals surface area contributed by atoms with Gasteiger partial charge < -0.3 is 25.4 Å². The van der Waals surface area contributed by atoms with E-state index >= 15 is 0 Å². The molecule has 0 unspecified atom stereocenters. The Morgan fingerprint density at radius 1 is 1.12 bits per heavy atom. The Morgan fingerprint density at radius 2 is 1.96 bits per heavy atom. The summed E-state index contributed by atoms with van der Waals surface area (Å²) in [5, 5.41) is 8.79. The monoisotopic (exact) mass is 325 g/mol. The highest BCUT2D eigenvalue weighted by atomic mass is 16.5. The van der Waals surface area contributed by atoms with Crippen LogP contribution >= 0.6 is 0 Å². The van der Waals surface area contributed by atoms with Gasteiger partial charge in [-0.1, -0.05) is 6.58 Å². The molecule has 1 aliphatic heterocycles. The molecule has 6 heteroatoms. The van der Waals surface area contributed by atoms with Crippen LogP contribution < -0.4 is 25.4 Å². The lowest BCUT2D eigenvalue weighted by atomic mass is 10.1. The molecule has 1 heterocycles. The number of allylic oxidation sites excluding steroid dienone is 1. The number of carbonyl (C=O) groups is 1. The standard InChI is InChI=1S/C18H19N3O3/c1-11-8-12-9-13(4-6-15(12)19-11)20-18(22)21-16-10-14(23-2)5-7-17(16)24-3/h4-7,9-10,19H,1,8H2,2-3H3,(H2,20,21,22). The first kappa shape index (κ1) is 15.7. The first-order chi connectivity index (χ1) is 11.6. The largest absolute Gasteiger partial charge is 0.497 e. The van der Waals surface area contributed by atoms with Crippen molar-refractivity contribution in [3.63, 3.8) is 0 Å². The summed E-state index contributed by atoms with van der Waals surface area (Å²) in [7, 11) is 3.11. The van der Waals surface area contributed by atoms with Crippen molar-refractivity contribution in [3.8, 4) is 11.5 Å². The van der Waals surface area contributed by atoms with E-state index in [0.29, 0.717) is 22.9 Å². The Balaban J connectivity index is 1.72. The predicted molar refractivity (Wildman–Crippen MR) is 95.1 cm³/mol. The lowest BCUT2D eigenvalue weighted by Crippen LogP contribution is -2.19. The first-order valence-corrected chi connectivity index (χ1v) is 7.47. The molecule has 3 N–H and O–H groups in total. The molecule has 2 amide bonds. The van der Waals surface area contributed by atoms with Gasteiger partial charge in [-0.3, -0.25) is 0 Å². The molecule has 3 rings (SSSR count). The van der Waals surface area contributed by atoms with Crippen LogP contribution in [0.4, 0.5) is 21.9 Å². The molecule has 0 bridgehead atoms. The summed E-state index contributed by atoms with van der Waals surface area (Å²) in [6.07, 6.45) is 0.760. The highest BCUT2D eigenvalue weighted by Gasteiger charge is 2.14. The number of nitrogens with one attached hydrogen (secondary N) is 3. The molecule has 0 radical (unpaired) electrons. The minimum Gasteiger partial charge on any atom is -0.497 e. The van der Waals surface area contributed by atoms with E-state index in [1.165, 1.54) is 0 Å². The van der Waals surface area contributed by atoms with Gasteiger partial charge in [0.25, 0.3) is 0 Å². The number of hydrogen-bond acceptors (Lipinski definition) is 4. The number of urea groups is 1. The van der Waals surface area contributed by atoms with Gasteiger partial charge in [0, 0.05) is 29.6 Å². The van der Waals surface area contributed by atoms with E-state index in [4.69, 9.17) is 9.47 Å². The second-order valence-electron chi connectivity index (χ2n) is 5.42. The van der Waals surface area contributed by atoms with Crippen molar-refractivity contribution in [3.05, 3.63) is 54.2 Å². The topological polar surface area (TPSA) is 71.6 Å². The number of anilines is 3. The molecule has 1 aliphatic rings. The quantitative estimate of drug-likeness (QED) is 0.799. The summed E-state index contributed by atoms with van der Waals surface area (Å²) in [5.74, 6) is 1.19. The lowest BCUT2D eigenvalue weighted by molar-refractivity contribution is 0.262. The molecule has 0 atom stereocenters. The van der Waals surface area contributed by atoms with Gasteiger partial charge in [-0.25, -0.2) is 4.79 Å².